The number of amides is 1. The summed E-state index contributed by atoms with van der Waals surface area (Å²) in [4.78, 5) is 23.6. The quantitative estimate of drug-likeness (QED) is 0.186. The molecule has 4 rings (SSSR count). The smallest absolute Gasteiger partial charge is 0.291 e. The van der Waals surface area contributed by atoms with Crippen LogP contribution in [0.15, 0.2) is 71.1 Å². The molecule has 0 saturated carbocycles. The molecule has 1 heterocycles. The largest absolute Gasteiger partial charge is 0.486 e. The lowest BCUT2D eigenvalue weighted by Gasteiger charge is -2.10. The van der Waals surface area contributed by atoms with E-state index in [9.17, 15) is 14.9 Å². The van der Waals surface area contributed by atoms with Crippen LogP contribution in [-0.4, -0.2) is 10.8 Å². The maximum atomic E-state index is 12.7. The summed E-state index contributed by atoms with van der Waals surface area (Å²) < 4.78 is 17.0. The van der Waals surface area contributed by atoms with Gasteiger partial charge < -0.3 is 19.2 Å². The maximum Gasteiger partial charge on any atom is 0.291 e. The Bertz CT molecular complexity index is 1450. The molecule has 0 bridgehead atoms. The summed E-state index contributed by atoms with van der Waals surface area (Å²) in [6, 6.07) is 17.3. The standard InChI is InChI=1S/C26H20Cl2N2O6/c1-15-3-5-20(9-16(15)2)34-14-21-6-8-25(35-21)26(31)29-18-11-19(30(32)33)13-22(12-18)36-24-7-4-17(27)10-23(24)28/h3-13H,14H2,1-2H3,(H,29,31). The molecular weight excluding hydrogens is 507 g/mol. The topological polar surface area (TPSA) is 104 Å². The molecule has 184 valence electrons. The van der Waals surface area contributed by atoms with Crippen LogP contribution >= 0.6 is 23.2 Å². The Morgan fingerprint density at radius 2 is 1.78 bits per heavy atom. The van der Waals surface area contributed by atoms with Crippen LogP contribution in [0.1, 0.15) is 27.4 Å². The number of carbonyl (C=O) groups excluding carboxylic acids is 1. The summed E-state index contributed by atoms with van der Waals surface area (Å²) in [5, 5.41) is 14.7. The fraction of sp³-hybridized carbons (Fsp3) is 0.115. The first kappa shape index (κ1) is 25.1. The molecule has 3 aromatic carbocycles. The van der Waals surface area contributed by atoms with Crippen molar-refractivity contribution in [1.29, 1.82) is 0 Å². The van der Waals surface area contributed by atoms with Gasteiger partial charge in [-0.05, 0) is 67.4 Å². The Balaban J connectivity index is 1.47. The van der Waals surface area contributed by atoms with Gasteiger partial charge in [0.25, 0.3) is 11.6 Å². The first-order valence-corrected chi connectivity index (χ1v) is 11.5. The number of hydrogen-bond acceptors (Lipinski definition) is 6. The fourth-order valence-corrected chi connectivity index (χ4v) is 3.68. The minimum Gasteiger partial charge on any atom is -0.486 e. The van der Waals surface area contributed by atoms with E-state index in [1.54, 1.807) is 12.1 Å². The third kappa shape index (κ3) is 6.16. The number of non-ortho nitro benzene ring substituents is 1. The van der Waals surface area contributed by atoms with E-state index in [2.05, 4.69) is 5.32 Å². The Kier molecular flexibility index (Phi) is 7.47. The molecule has 0 atom stereocenters. The Labute approximate surface area is 216 Å². The maximum absolute atomic E-state index is 12.7. The van der Waals surface area contributed by atoms with Crippen LogP contribution in [0.2, 0.25) is 10.0 Å². The van der Waals surface area contributed by atoms with Crippen molar-refractivity contribution < 1.29 is 23.6 Å². The number of anilines is 1. The number of nitrogens with zero attached hydrogens (tertiary/aromatic N) is 1. The van der Waals surface area contributed by atoms with Gasteiger partial charge in [0.2, 0.25) is 0 Å². The summed E-state index contributed by atoms with van der Waals surface area (Å²) in [6.45, 7) is 4.14. The van der Waals surface area contributed by atoms with E-state index >= 15 is 0 Å². The minimum absolute atomic E-state index is 0.0170. The zero-order valence-corrected chi connectivity index (χ0v) is 20.7. The predicted molar refractivity (Wildman–Crippen MR) is 137 cm³/mol. The van der Waals surface area contributed by atoms with Crippen molar-refractivity contribution in [2.24, 2.45) is 0 Å². The molecule has 0 aliphatic carbocycles. The van der Waals surface area contributed by atoms with Gasteiger partial charge in [0.15, 0.2) is 5.76 Å². The van der Waals surface area contributed by atoms with E-state index in [0.29, 0.717) is 16.5 Å². The van der Waals surface area contributed by atoms with Crippen molar-refractivity contribution in [3.05, 3.63) is 110 Å². The number of rotatable bonds is 8. The lowest BCUT2D eigenvalue weighted by molar-refractivity contribution is -0.384. The number of carbonyl (C=O) groups is 1. The van der Waals surface area contributed by atoms with E-state index in [1.165, 1.54) is 36.4 Å². The van der Waals surface area contributed by atoms with E-state index in [4.69, 9.17) is 37.1 Å². The number of furan rings is 1. The molecule has 0 aliphatic heterocycles. The van der Waals surface area contributed by atoms with Crippen LogP contribution < -0.4 is 14.8 Å². The minimum atomic E-state index is -0.596. The zero-order chi connectivity index (χ0) is 25.8. The lowest BCUT2D eigenvalue weighted by atomic mass is 10.1. The number of nitro groups is 1. The summed E-state index contributed by atoms with van der Waals surface area (Å²) >= 11 is 12.0. The molecule has 0 fully saturated rings. The van der Waals surface area contributed by atoms with Gasteiger partial charge >= 0.3 is 0 Å². The Morgan fingerprint density at radius 1 is 0.972 bits per heavy atom. The molecule has 0 radical (unpaired) electrons. The third-order valence-corrected chi connectivity index (χ3v) is 5.76. The highest BCUT2D eigenvalue weighted by Crippen LogP contribution is 2.34. The monoisotopic (exact) mass is 526 g/mol. The van der Waals surface area contributed by atoms with Crippen LogP contribution in [-0.2, 0) is 6.61 Å². The Morgan fingerprint density at radius 3 is 2.50 bits per heavy atom. The van der Waals surface area contributed by atoms with E-state index in [1.807, 2.05) is 32.0 Å². The molecule has 8 nitrogen and oxygen atoms in total. The fourth-order valence-electron chi connectivity index (χ4n) is 3.23. The number of benzene rings is 3. The van der Waals surface area contributed by atoms with E-state index < -0.39 is 10.8 Å². The van der Waals surface area contributed by atoms with Crippen LogP contribution in [0.5, 0.6) is 17.2 Å². The highest BCUT2D eigenvalue weighted by atomic mass is 35.5. The van der Waals surface area contributed by atoms with Crippen molar-refractivity contribution in [2.45, 2.75) is 20.5 Å². The summed E-state index contributed by atoms with van der Waals surface area (Å²) in [7, 11) is 0. The molecule has 1 aromatic heterocycles. The molecule has 0 saturated heterocycles. The van der Waals surface area contributed by atoms with Crippen molar-refractivity contribution in [3.8, 4) is 17.2 Å². The second-order valence-corrected chi connectivity index (χ2v) is 8.75. The number of halogens is 2. The molecule has 0 spiro atoms. The van der Waals surface area contributed by atoms with Crippen molar-refractivity contribution in [3.63, 3.8) is 0 Å². The molecule has 0 aliphatic rings. The van der Waals surface area contributed by atoms with Gasteiger partial charge in [0, 0.05) is 17.2 Å². The van der Waals surface area contributed by atoms with Crippen molar-refractivity contribution in [1.82, 2.24) is 0 Å². The van der Waals surface area contributed by atoms with E-state index in [-0.39, 0.29) is 40.3 Å². The normalized spacial score (nSPS) is 10.7. The number of ether oxygens (including phenoxy) is 2. The second-order valence-electron chi connectivity index (χ2n) is 7.90. The van der Waals surface area contributed by atoms with Gasteiger partial charge in [-0.2, -0.15) is 0 Å². The van der Waals surface area contributed by atoms with E-state index in [0.717, 1.165) is 11.1 Å². The summed E-state index contributed by atoms with van der Waals surface area (Å²) in [5.74, 6) is 0.903. The first-order valence-electron chi connectivity index (χ1n) is 10.7. The summed E-state index contributed by atoms with van der Waals surface area (Å²) in [5.41, 5.74) is 2.12. The van der Waals surface area contributed by atoms with Crippen LogP contribution in [0.3, 0.4) is 0 Å². The molecule has 36 heavy (non-hydrogen) atoms. The third-order valence-electron chi connectivity index (χ3n) is 5.23. The number of hydrogen-bond donors (Lipinski definition) is 1. The number of aryl methyl sites for hydroxylation is 2. The first-order chi connectivity index (χ1) is 17.2. The molecular formula is C26H20Cl2N2O6. The van der Waals surface area contributed by atoms with Gasteiger partial charge in [-0.25, -0.2) is 0 Å². The van der Waals surface area contributed by atoms with Crippen LogP contribution in [0, 0.1) is 24.0 Å². The SMILES string of the molecule is Cc1ccc(OCc2ccc(C(=O)Nc3cc(Oc4ccc(Cl)cc4Cl)cc([N+](=O)[O-])c3)o2)cc1C. The van der Waals surface area contributed by atoms with Crippen molar-refractivity contribution in [2.75, 3.05) is 5.32 Å². The number of nitro benzene ring substituents is 1. The van der Waals surface area contributed by atoms with Gasteiger partial charge in [0.1, 0.15) is 29.6 Å². The van der Waals surface area contributed by atoms with Gasteiger partial charge in [-0.3, -0.25) is 14.9 Å². The average molecular weight is 527 g/mol. The molecule has 1 amide bonds. The van der Waals surface area contributed by atoms with Gasteiger partial charge in [-0.1, -0.05) is 29.3 Å². The zero-order valence-electron chi connectivity index (χ0n) is 19.2. The molecule has 0 unspecified atom stereocenters. The second kappa shape index (κ2) is 10.7. The average Bonchev–Trinajstić information content (AvgIpc) is 3.31. The lowest BCUT2D eigenvalue weighted by Crippen LogP contribution is -2.11. The molecule has 4 aromatic rings. The van der Waals surface area contributed by atoms with Crippen LogP contribution in [0.4, 0.5) is 11.4 Å². The summed E-state index contributed by atoms with van der Waals surface area (Å²) in [6.07, 6.45) is 0. The Hall–Kier alpha value is -4.01. The molecule has 1 N–H and O–H groups in total. The molecule has 10 heteroatoms. The van der Waals surface area contributed by atoms with Gasteiger partial charge in [0.05, 0.1) is 21.7 Å². The van der Waals surface area contributed by atoms with Crippen molar-refractivity contribution >= 4 is 40.5 Å². The number of nitrogens with one attached hydrogen (secondary N) is 1. The van der Waals surface area contributed by atoms with Gasteiger partial charge in [-0.15, -0.1) is 0 Å². The highest BCUT2D eigenvalue weighted by molar-refractivity contribution is 6.35. The predicted octanol–water partition coefficient (Wildman–Crippen LogP) is 7.74. The highest BCUT2D eigenvalue weighted by Gasteiger charge is 2.17. The van der Waals surface area contributed by atoms with Crippen LogP contribution in [0.25, 0.3) is 0 Å².